The molecule has 1 heterocycles. The number of nitrogens with zero attached hydrogens (tertiary/aromatic N) is 2. The Hall–Kier alpha value is -2.66. The maximum absolute atomic E-state index is 11.4. The van der Waals surface area contributed by atoms with E-state index in [2.05, 4.69) is 5.32 Å². The molecule has 0 saturated carbocycles. The van der Waals surface area contributed by atoms with E-state index in [0.29, 0.717) is 0 Å². The number of rotatable bonds is 4. The second-order valence-electron chi connectivity index (χ2n) is 5.01. The van der Waals surface area contributed by atoms with Gasteiger partial charge in [-0.1, -0.05) is 6.07 Å². The Balaban J connectivity index is 2.39. The summed E-state index contributed by atoms with van der Waals surface area (Å²) in [5.41, 5.74) is -1.51. The van der Waals surface area contributed by atoms with Crippen molar-refractivity contribution in [2.24, 2.45) is 5.41 Å². The highest BCUT2D eigenvalue weighted by atomic mass is 16.6. The Kier molecular flexibility index (Phi) is 3.78. The van der Waals surface area contributed by atoms with E-state index >= 15 is 0 Å². The molecule has 0 radical (unpaired) electrons. The van der Waals surface area contributed by atoms with Gasteiger partial charge >= 0.3 is 11.7 Å². The molecule has 1 aromatic carbocycles. The highest BCUT2D eigenvalue weighted by Crippen LogP contribution is 2.35. The van der Waals surface area contributed by atoms with E-state index < -0.39 is 22.3 Å². The van der Waals surface area contributed by atoms with Gasteiger partial charge in [-0.25, -0.2) is 0 Å². The molecule has 110 valence electrons. The van der Waals surface area contributed by atoms with Crippen LogP contribution in [0.3, 0.4) is 0 Å². The highest BCUT2D eigenvalue weighted by Gasteiger charge is 2.47. The number of anilines is 1. The number of para-hydroxylation sites is 1. The summed E-state index contributed by atoms with van der Waals surface area (Å²) in [5, 5.41) is 32.2. The summed E-state index contributed by atoms with van der Waals surface area (Å²) in [4.78, 5) is 21.8. The van der Waals surface area contributed by atoms with Crippen molar-refractivity contribution in [2.75, 3.05) is 18.5 Å². The van der Waals surface area contributed by atoms with Gasteiger partial charge in [0.1, 0.15) is 22.7 Å². The number of carbonyl (C=O) groups is 1. The molecular weight excluding hydrogens is 278 g/mol. The third kappa shape index (κ3) is 2.51. The number of nitro benzene ring substituents is 1. The molecule has 1 saturated heterocycles. The second-order valence-corrected chi connectivity index (χ2v) is 5.01. The number of hydrogen-bond donors (Lipinski definition) is 2. The van der Waals surface area contributed by atoms with Crippen LogP contribution in [0.4, 0.5) is 11.4 Å². The molecule has 1 aliphatic rings. The Morgan fingerprint density at radius 1 is 1.67 bits per heavy atom. The van der Waals surface area contributed by atoms with Crippen molar-refractivity contribution >= 4 is 17.3 Å². The van der Waals surface area contributed by atoms with E-state index in [4.69, 9.17) is 10.00 Å². The fourth-order valence-corrected chi connectivity index (χ4v) is 2.22. The molecule has 2 N–H and O–H groups in total. The predicted octanol–water partition coefficient (Wildman–Crippen LogP) is 1.37. The lowest BCUT2D eigenvalue weighted by Crippen LogP contribution is -2.43. The standard InChI is InChI=1S/C13H13N3O5/c1-13(12(17)18)7-21-6-10(13)15-9-4-2-3-8(5-14)11(9)16(19)20/h2-4,10,15H,6-7H2,1H3,(H,17,18). The fraction of sp³-hybridized carbons (Fsp3) is 0.385. The van der Waals surface area contributed by atoms with Crippen LogP contribution in [-0.2, 0) is 9.53 Å². The van der Waals surface area contributed by atoms with Crippen LogP contribution in [0.1, 0.15) is 12.5 Å². The van der Waals surface area contributed by atoms with Gasteiger partial charge in [0.15, 0.2) is 0 Å². The molecule has 0 aliphatic carbocycles. The van der Waals surface area contributed by atoms with Crippen LogP contribution in [0.5, 0.6) is 0 Å². The summed E-state index contributed by atoms with van der Waals surface area (Å²) >= 11 is 0. The molecule has 0 bridgehead atoms. The molecule has 2 rings (SSSR count). The molecule has 1 aromatic rings. The van der Waals surface area contributed by atoms with Crippen LogP contribution < -0.4 is 5.32 Å². The minimum Gasteiger partial charge on any atom is -0.481 e. The van der Waals surface area contributed by atoms with E-state index in [9.17, 15) is 20.0 Å². The Morgan fingerprint density at radius 2 is 2.38 bits per heavy atom. The SMILES string of the molecule is CC1(C(=O)O)COCC1Nc1cccc(C#N)c1[N+](=O)[O-]. The lowest BCUT2D eigenvalue weighted by Gasteiger charge is -2.26. The number of carboxylic acid groups (broad SMARTS) is 1. The van der Waals surface area contributed by atoms with Gasteiger partial charge in [0.2, 0.25) is 0 Å². The van der Waals surface area contributed by atoms with Crippen molar-refractivity contribution in [1.29, 1.82) is 5.26 Å². The third-order valence-electron chi connectivity index (χ3n) is 3.61. The molecule has 21 heavy (non-hydrogen) atoms. The zero-order valence-electron chi connectivity index (χ0n) is 11.2. The third-order valence-corrected chi connectivity index (χ3v) is 3.61. The number of ether oxygens (including phenoxy) is 1. The first kappa shape index (κ1) is 14.7. The fourth-order valence-electron chi connectivity index (χ4n) is 2.22. The van der Waals surface area contributed by atoms with E-state index in [-0.39, 0.29) is 30.2 Å². The molecule has 0 aromatic heterocycles. The first-order valence-corrected chi connectivity index (χ1v) is 6.15. The number of hydrogen-bond acceptors (Lipinski definition) is 6. The lowest BCUT2D eigenvalue weighted by atomic mass is 9.85. The quantitative estimate of drug-likeness (QED) is 0.633. The first-order valence-electron chi connectivity index (χ1n) is 6.15. The number of nitrogens with one attached hydrogen (secondary N) is 1. The van der Waals surface area contributed by atoms with E-state index in [1.54, 1.807) is 6.07 Å². The van der Waals surface area contributed by atoms with Gasteiger partial charge < -0.3 is 15.2 Å². The van der Waals surface area contributed by atoms with Crippen LogP contribution in [0.2, 0.25) is 0 Å². The van der Waals surface area contributed by atoms with Gasteiger partial charge in [0.05, 0.1) is 24.2 Å². The van der Waals surface area contributed by atoms with E-state index in [1.165, 1.54) is 25.1 Å². The molecule has 2 unspecified atom stereocenters. The molecule has 0 amide bonds. The first-order chi connectivity index (χ1) is 9.90. The van der Waals surface area contributed by atoms with Crippen LogP contribution >= 0.6 is 0 Å². The van der Waals surface area contributed by atoms with Crippen molar-refractivity contribution in [2.45, 2.75) is 13.0 Å². The second kappa shape index (κ2) is 5.38. The van der Waals surface area contributed by atoms with Gasteiger partial charge in [0.25, 0.3) is 0 Å². The van der Waals surface area contributed by atoms with Crippen molar-refractivity contribution in [3.8, 4) is 6.07 Å². The summed E-state index contributed by atoms with van der Waals surface area (Å²) in [6.45, 7) is 1.66. The topological polar surface area (TPSA) is 125 Å². The summed E-state index contributed by atoms with van der Waals surface area (Å²) in [5.74, 6) is -1.04. The summed E-state index contributed by atoms with van der Waals surface area (Å²) in [6.07, 6.45) is 0. The van der Waals surface area contributed by atoms with E-state index in [0.717, 1.165) is 0 Å². The molecule has 8 nitrogen and oxygen atoms in total. The van der Waals surface area contributed by atoms with Gasteiger partial charge in [-0.3, -0.25) is 14.9 Å². The molecular formula is C13H13N3O5. The highest BCUT2D eigenvalue weighted by molar-refractivity contribution is 5.77. The van der Waals surface area contributed by atoms with Gasteiger partial charge in [-0.2, -0.15) is 5.26 Å². The van der Waals surface area contributed by atoms with Gasteiger partial charge in [0, 0.05) is 0 Å². The largest absolute Gasteiger partial charge is 0.481 e. The zero-order chi connectivity index (χ0) is 15.6. The maximum atomic E-state index is 11.4. The number of carboxylic acids is 1. The molecule has 2 atom stereocenters. The van der Waals surface area contributed by atoms with Crippen LogP contribution in [0.25, 0.3) is 0 Å². The smallest absolute Gasteiger partial charge is 0.313 e. The van der Waals surface area contributed by atoms with Crippen LogP contribution in [-0.4, -0.2) is 35.3 Å². The van der Waals surface area contributed by atoms with Crippen molar-refractivity contribution < 1.29 is 19.6 Å². The van der Waals surface area contributed by atoms with Crippen LogP contribution in [0, 0.1) is 26.9 Å². The maximum Gasteiger partial charge on any atom is 0.313 e. The molecule has 8 heteroatoms. The van der Waals surface area contributed by atoms with Gasteiger partial charge in [-0.05, 0) is 19.1 Å². The summed E-state index contributed by atoms with van der Waals surface area (Å²) in [7, 11) is 0. The predicted molar refractivity (Wildman–Crippen MR) is 71.8 cm³/mol. The average molecular weight is 291 g/mol. The molecule has 0 spiro atoms. The minimum absolute atomic E-state index is 0.0196. The normalized spacial score (nSPS) is 24.3. The number of nitro groups is 1. The molecule has 1 fully saturated rings. The van der Waals surface area contributed by atoms with Crippen LogP contribution in [0.15, 0.2) is 18.2 Å². The monoisotopic (exact) mass is 291 g/mol. The van der Waals surface area contributed by atoms with Crippen molar-refractivity contribution in [1.82, 2.24) is 0 Å². The van der Waals surface area contributed by atoms with Gasteiger partial charge in [-0.15, -0.1) is 0 Å². The van der Waals surface area contributed by atoms with Crippen molar-refractivity contribution in [3.63, 3.8) is 0 Å². The zero-order valence-corrected chi connectivity index (χ0v) is 11.2. The Labute approximate surface area is 120 Å². The van der Waals surface area contributed by atoms with E-state index in [1.807, 2.05) is 0 Å². The summed E-state index contributed by atoms with van der Waals surface area (Å²) in [6, 6.07) is 5.42. The minimum atomic E-state index is -1.18. The van der Waals surface area contributed by atoms with Crippen molar-refractivity contribution in [3.05, 3.63) is 33.9 Å². The number of benzene rings is 1. The summed E-state index contributed by atoms with van der Waals surface area (Å²) < 4.78 is 5.18. The Bertz CT molecular complexity index is 639. The lowest BCUT2D eigenvalue weighted by molar-refractivity contribution is -0.384. The average Bonchev–Trinajstić information content (AvgIpc) is 2.81. The molecule has 1 aliphatic heterocycles. The number of nitriles is 1. The Morgan fingerprint density at radius 3 is 2.95 bits per heavy atom. The number of aliphatic carboxylic acids is 1.